The smallest absolute Gasteiger partial charge is 0.408 e. The van der Waals surface area contributed by atoms with Crippen LogP contribution in [-0.4, -0.2) is 36.2 Å². The number of ether oxygens (including phenoxy) is 3. The summed E-state index contributed by atoms with van der Waals surface area (Å²) in [5.74, 6) is 0.827. The number of rotatable bonds is 7. The zero-order chi connectivity index (χ0) is 24.0. The lowest BCUT2D eigenvalue weighted by Crippen LogP contribution is -2.45. The Morgan fingerprint density at radius 3 is 2.57 bits per heavy atom. The number of hydrogen-bond donors (Lipinski definition) is 3. The van der Waals surface area contributed by atoms with Crippen molar-refractivity contribution in [3.63, 3.8) is 0 Å². The summed E-state index contributed by atoms with van der Waals surface area (Å²) in [5.41, 5.74) is 3.27. The minimum Gasteiger partial charge on any atom is -0.486 e. The largest absolute Gasteiger partial charge is 0.486 e. The number of fused-ring (bicyclic) bond motifs is 2. The molecule has 2 heterocycles. The second-order valence-corrected chi connectivity index (χ2v) is 8.17. The zero-order valence-corrected chi connectivity index (χ0v) is 19.0. The van der Waals surface area contributed by atoms with Crippen LogP contribution >= 0.6 is 0 Å². The van der Waals surface area contributed by atoms with Gasteiger partial charge in [0.05, 0.1) is 0 Å². The number of amides is 2. The molecule has 5 rings (SSSR count). The van der Waals surface area contributed by atoms with Crippen molar-refractivity contribution in [2.45, 2.75) is 19.1 Å². The first kappa shape index (κ1) is 22.3. The highest BCUT2D eigenvalue weighted by atomic mass is 16.6. The fourth-order valence-corrected chi connectivity index (χ4v) is 3.99. The van der Waals surface area contributed by atoms with Crippen LogP contribution in [0.2, 0.25) is 0 Å². The van der Waals surface area contributed by atoms with Gasteiger partial charge in [-0.25, -0.2) is 4.79 Å². The first-order chi connectivity index (χ1) is 17.2. The zero-order valence-electron chi connectivity index (χ0n) is 19.0. The SMILES string of the molecule is O=C(N[C@@H](Cc1c[nH]c2ccccc12)C(=O)Nc1ccc2c(c1)OCCO2)OCc1ccccc1. The van der Waals surface area contributed by atoms with Gasteiger partial charge < -0.3 is 29.8 Å². The van der Waals surface area contributed by atoms with E-state index >= 15 is 0 Å². The summed E-state index contributed by atoms with van der Waals surface area (Å²) in [6.45, 7) is 1.04. The molecule has 3 N–H and O–H groups in total. The highest BCUT2D eigenvalue weighted by molar-refractivity contribution is 5.97. The Kier molecular flexibility index (Phi) is 6.52. The number of hydrogen-bond acceptors (Lipinski definition) is 5. The van der Waals surface area contributed by atoms with Crippen molar-refractivity contribution < 1.29 is 23.8 Å². The van der Waals surface area contributed by atoms with Gasteiger partial charge in [0.15, 0.2) is 11.5 Å². The van der Waals surface area contributed by atoms with Crippen LogP contribution in [0.3, 0.4) is 0 Å². The second-order valence-electron chi connectivity index (χ2n) is 8.17. The van der Waals surface area contributed by atoms with Crippen LogP contribution in [0.15, 0.2) is 79.0 Å². The van der Waals surface area contributed by atoms with E-state index in [4.69, 9.17) is 14.2 Å². The molecule has 0 bridgehead atoms. The molecule has 8 heteroatoms. The minimum absolute atomic E-state index is 0.107. The van der Waals surface area contributed by atoms with E-state index in [1.165, 1.54) is 0 Å². The maximum Gasteiger partial charge on any atom is 0.408 e. The molecule has 0 saturated heterocycles. The molecule has 1 aliphatic rings. The lowest BCUT2D eigenvalue weighted by molar-refractivity contribution is -0.118. The van der Waals surface area contributed by atoms with Gasteiger partial charge in [-0.2, -0.15) is 0 Å². The second kappa shape index (κ2) is 10.2. The molecular formula is C27H25N3O5. The number of benzene rings is 3. The van der Waals surface area contributed by atoms with Crippen molar-refractivity contribution >= 4 is 28.6 Å². The normalized spacial score (nSPS) is 13.1. The summed E-state index contributed by atoms with van der Waals surface area (Å²) in [6, 6.07) is 21.5. The molecule has 4 aromatic rings. The predicted molar refractivity (Wildman–Crippen MR) is 132 cm³/mol. The van der Waals surface area contributed by atoms with E-state index < -0.39 is 12.1 Å². The van der Waals surface area contributed by atoms with Gasteiger partial charge in [-0.3, -0.25) is 4.79 Å². The van der Waals surface area contributed by atoms with Crippen LogP contribution in [0.4, 0.5) is 10.5 Å². The molecule has 8 nitrogen and oxygen atoms in total. The molecule has 0 fully saturated rings. The monoisotopic (exact) mass is 471 g/mol. The van der Waals surface area contributed by atoms with Gasteiger partial charge in [0.1, 0.15) is 25.9 Å². The molecule has 0 unspecified atom stereocenters. The van der Waals surface area contributed by atoms with E-state index in [2.05, 4.69) is 15.6 Å². The molecular weight excluding hydrogens is 446 g/mol. The molecule has 0 saturated carbocycles. The van der Waals surface area contributed by atoms with Gasteiger partial charge in [0.25, 0.3) is 0 Å². The molecule has 1 aromatic heterocycles. The highest BCUT2D eigenvalue weighted by Crippen LogP contribution is 2.32. The van der Waals surface area contributed by atoms with E-state index in [0.717, 1.165) is 22.0 Å². The Bertz CT molecular complexity index is 1340. The molecule has 2 amide bonds. The number of nitrogens with one attached hydrogen (secondary N) is 3. The summed E-state index contributed by atoms with van der Waals surface area (Å²) in [7, 11) is 0. The number of anilines is 1. The van der Waals surface area contributed by atoms with Crippen molar-refractivity contribution in [1.29, 1.82) is 0 Å². The van der Waals surface area contributed by atoms with Gasteiger partial charge in [0.2, 0.25) is 5.91 Å². The number of aromatic amines is 1. The van der Waals surface area contributed by atoms with Gasteiger partial charge in [-0.05, 0) is 29.3 Å². The average Bonchev–Trinajstić information content (AvgIpc) is 3.30. The number of H-pyrrole nitrogens is 1. The molecule has 0 aliphatic carbocycles. The molecule has 0 spiro atoms. The Labute approximate surface area is 202 Å². The van der Waals surface area contributed by atoms with Crippen molar-refractivity contribution in [3.05, 3.63) is 90.1 Å². The molecule has 178 valence electrons. The Hall–Kier alpha value is -4.46. The Balaban J connectivity index is 1.32. The van der Waals surface area contributed by atoms with E-state index in [0.29, 0.717) is 30.4 Å². The molecule has 35 heavy (non-hydrogen) atoms. The topological polar surface area (TPSA) is 102 Å². The van der Waals surface area contributed by atoms with Crippen LogP contribution in [0.1, 0.15) is 11.1 Å². The first-order valence-corrected chi connectivity index (χ1v) is 11.4. The van der Waals surface area contributed by atoms with Crippen molar-refractivity contribution in [1.82, 2.24) is 10.3 Å². The summed E-state index contributed by atoms with van der Waals surface area (Å²) < 4.78 is 16.5. The van der Waals surface area contributed by atoms with Crippen molar-refractivity contribution in [2.24, 2.45) is 0 Å². The minimum atomic E-state index is -0.870. The van der Waals surface area contributed by atoms with Gasteiger partial charge in [-0.1, -0.05) is 48.5 Å². The van der Waals surface area contributed by atoms with Crippen LogP contribution < -0.4 is 20.1 Å². The molecule has 0 radical (unpaired) electrons. The lowest BCUT2D eigenvalue weighted by Gasteiger charge is -2.21. The number of para-hydroxylation sites is 1. The third kappa shape index (κ3) is 5.38. The summed E-state index contributed by atoms with van der Waals surface area (Å²) in [5, 5.41) is 6.60. The summed E-state index contributed by atoms with van der Waals surface area (Å²) >= 11 is 0. The van der Waals surface area contributed by atoms with Crippen LogP contribution in [-0.2, 0) is 22.6 Å². The fraction of sp³-hybridized carbons (Fsp3) is 0.185. The summed E-state index contributed by atoms with van der Waals surface area (Å²) in [4.78, 5) is 29.1. The third-order valence-electron chi connectivity index (χ3n) is 5.73. The average molecular weight is 472 g/mol. The number of alkyl carbamates (subject to hydrolysis) is 1. The van der Waals surface area contributed by atoms with Crippen molar-refractivity contribution in [3.8, 4) is 11.5 Å². The number of carbonyl (C=O) groups excluding carboxylic acids is 2. The quantitative estimate of drug-likeness (QED) is 0.371. The Morgan fingerprint density at radius 2 is 1.71 bits per heavy atom. The predicted octanol–water partition coefficient (Wildman–Crippen LogP) is 4.42. The van der Waals surface area contributed by atoms with Gasteiger partial charge in [0, 0.05) is 35.3 Å². The molecule has 1 atom stereocenters. The lowest BCUT2D eigenvalue weighted by atomic mass is 10.0. The van der Waals surface area contributed by atoms with Gasteiger partial charge >= 0.3 is 6.09 Å². The van der Waals surface area contributed by atoms with E-state index in [-0.39, 0.29) is 18.9 Å². The number of aromatic nitrogens is 1. The fourth-order valence-electron chi connectivity index (χ4n) is 3.99. The van der Waals surface area contributed by atoms with Crippen LogP contribution in [0.5, 0.6) is 11.5 Å². The first-order valence-electron chi connectivity index (χ1n) is 11.4. The highest BCUT2D eigenvalue weighted by Gasteiger charge is 2.24. The van der Waals surface area contributed by atoms with Crippen LogP contribution in [0.25, 0.3) is 10.9 Å². The number of carbonyl (C=O) groups is 2. The Morgan fingerprint density at radius 1 is 0.943 bits per heavy atom. The molecule has 1 aliphatic heterocycles. The van der Waals surface area contributed by atoms with Gasteiger partial charge in [-0.15, -0.1) is 0 Å². The van der Waals surface area contributed by atoms with Crippen molar-refractivity contribution in [2.75, 3.05) is 18.5 Å². The van der Waals surface area contributed by atoms with E-state index in [9.17, 15) is 9.59 Å². The third-order valence-corrected chi connectivity index (χ3v) is 5.73. The maximum absolute atomic E-state index is 13.3. The maximum atomic E-state index is 13.3. The van der Waals surface area contributed by atoms with E-state index in [1.807, 2.05) is 60.8 Å². The van der Waals surface area contributed by atoms with E-state index in [1.54, 1.807) is 18.2 Å². The summed E-state index contributed by atoms with van der Waals surface area (Å²) in [6.07, 6.45) is 1.46. The molecule has 3 aromatic carbocycles. The standard InChI is InChI=1S/C27H25N3O5/c31-26(29-20-10-11-24-25(15-20)34-13-12-33-24)23(14-19-16-28-22-9-5-4-8-21(19)22)30-27(32)35-17-18-6-2-1-3-7-18/h1-11,15-16,23,28H,12-14,17H2,(H,29,31)(H,30,32)/t23-/m0/s1. The van der Waals surface area contributed by atoms with Crippen LogP contribution in [0, 0.1) is 0 Å².